The summed E-state index contributed by atoms with van der Waals surface area (Å²) >= 11 is 14.6. The van der Waals surface area contributed by atoms with E-state index in [1.54, 1.807) is 30.3 Å². The highest BCUT2D eigenvalue weighted by atomic mass is 79.9. The van der Waals surface area contributed by atoms with Crippen LogP contribution < -0.4 is 15.4 Å². The fraction of sp³-hybridized carbons (Fsp3) is 0.0526. The molecule has 8 heteroatoms. The summed E-state index contributed by atoms with van der Waals surface area (Å²) in [5.74, 6) is 0.821. The molecule has 0 bridgehead atoms. The second kappa shape index (κ2) is 8.56. The fourth-order valence-electron chi connectivity index (χ4n) is 2.33. The van der Waals surface area contributed by atoms with Crippen molar-refractivity contribution in [1.29, 1.82) is 0 Å². The predicted molar refractivity (Wildman–Crippen MR) is 114 cm³/mol. The van der Waals surface area contributed by atoms with Crippen LogP contribution in [0, 0.1) is 0 Å². The van der Waals surface area contributed by atoms with Crippen LogP contribution in [0.1, 0.15) is 10.6 Å². The Morgan fingerprint density at radius 2 is 1.89 bits per heavy atom. The number of carbonyl (C=O) groups is 1. The molecule has 2 aromatic carbocycles. The fourth-order valence-corrected chi connectivity index (χ4v) is 2.96. The van der Waals surface area contributed by atoms with Crippen molar-refractivity contribution in [2.75, 3.05) is 12.4 Å². The van der Waals surface area contributed by atoms with Crippen LogP contribution in [0.5, 0.6) is 5.75 Å². The maximum Gasteiger partial charge on any atom is 0.293 e. The Labute approximate surface area is 174 Å². The lowest BCUT2D eigenvalue weighted by atomic mass is 10.2. The first-order valence-corrected chi connectivity index (χ1v) is 9.36. The SMILES string of the molecule is COc1ccc(Cl)cc1NC(=S)NC(=O)c1ccc(-c2ccc(Br)cc2)o1. The van der Waals surface area contributed by atoms with Crippen molar-refractivity contribution in [2.45, 2.75) is 0 Å². The van der Waals surface area contributed by atoms with Gasteiger partial charge in [0.15, 0.2) is 10.9 Å². The molecule has 0 fully saturated rings. The summed E-state index contributed by atoms with van der Waals surface area (Å²) in [7, 11) is 1.53. The smallest absolute Gasteiger partial charge is 0.293 e. The zero-order chi connectivity index (χ0) is 19.4. The van der Waals surface area contributed by atoms with Gasteiger partial charge in [-0.15, -0.1) is 0 Å². The molecule has 0 saturated carbocycles. The number of ether oxygens (including phenoxy) is 1. The lowest BCUT2D eigenvalue weighted by Crippen LogP contribution is -2.34. The van der Waals surface area contributed by atoms with E-state index in [0.29, 0.717) is 22.2 Å². The number of benzene rings is 2. The van der Waals surface area contributed by atoms with E-state index in [0.717, 1.165) is 10.0 Å². The maximum absolute atomic E-state index is 12.4. The number of nitrogens with one attached hydrogen (secondary N) is 2. The zero-order valence-corrected chi connectivity index (χ0v) is 17.2. The number of carbonyl (C=O) groups excluding carboxylic acids is 1. The molecule has 0 aliphatic carbocycles. The highest BCUT2D eigenvalue weighted by Crippen LogP contribution is 2.28. The highest BCUT2D eigenvalue weighted by Gasteiger charge is 2.15. The van der Waals surface area contributed by atoms with E-state index in [1.807, 2.05) is 24.3 Å². The zero-order valence-electron chi connectivity index (χ0n) is 14.1. The number of halogens is 2. The van der Waals surface area contributed by atoms with Gasteiger partial charge in [-0.1, -0.05) is 39.7 Å². The Kier molecular flexibility index (Phi) is 6.15. The van der Waals surface area contributed by atoms with Crippen LogP contribution in [-0.4, -0.2) is 18.1 Å². The number of furan rings is 1. The molecule has 1 amide bonds. The van der Waals surface area contributed by atoms with Gasteiger partial charge in [0.05, 0.1) is 12.8 Å². The lowest BCUT2D eigenvalue weighted by molar-refractivity contribution is 0.0951. The summed E-state index contributed by atoms with van der Waals surface area (Å²) in [5.41, 5.74) is 1.41. The van der Waals surface area contributed by atoms with E-state index in [9.17, 15) is 4.79 Å². The predicted octanol–water partition coefficient (Wildman–Crippen LogP) is 5.50. The van der Waals surface area contributed by atoms with Crippen LogP contribution in [0.2, 0.25) is 5.02 Å². The molecule has 0 radical (unpaired) electrons. The molecule has 27 heavy (non-hydrogen) atoms. The molecule has 0 saturated heterocycles. The summed E-state index contributed by atoms with van der Waals surface area (Å²) < 4.78 is 11.8. The van der Waals surface area contributed by atoms with Crippen LogP contribution in [-0.2, 0) is 0 Å². The standard InChI is InChI=1S/C19H14BrClN2O3S/c1-25-16-7-6-13(21)10-14(16)22-19(27)23-18(24)17-9-8-15(26-17)11-2-4-12(20)5-3-11/h2-10H,1H3,(H2,22,23,24,27). The Hall–Kier alpha value is -2.35. The first-order chi connectivity index (χ1) is 13.0. The molecular weight excluding hydrogens is 452 g/mol. The van der Waals surface area contributed by atoms with Crippen LogP contribution in [0.15, 0.2) is 63.5 Å². The van der Waals surface area contributed by atoms with Crippen LogP contribution in [0.25, 0.3) is 11.3 Å². The molecule has 0 atom stereocenters. The normalized spacial score (nSPS) is 10.3. The Balaban J connectivity index is 1.68. The van der Waals surface area contributed by atoms with Gasteiger partial charge in [-0.05, 0) is 54.7 Å². The number of amides is 1. The Morgan fingerprint density at radius 3 is 2.59 bits per heavy atom. The number of hydrogen-bond donors (Lipinski definition) is 2. The van der Waals surface area contributed by atoms with Crippen LogP contribution in [0.4, 0.5) is 5.69 Å². The van der Waals surface area contributed by atoms with E-state index in [-0.39, 0.29) is 10.9 Å². The number of methoxy groups -OCH3 is 1. The second-order valence-corrected chi connectivity index (χ2v) is 7.18. The molecule has 3 rings (SSSR count). The van der Waals surface area contributed by atoms with Crippen molar-refractivity contribution in [3.63, 3.8) is 0 Å². The molecular formula is C19H14BrClN2O3S. The van der Waals surface area contributed by atoms with Gasteiger partial charge in [0, 0.05) is 15.1 Å². The molecule has 0 spiro atoms. The van der Waals surface area contributed by atoms with Gasteiger partial charge < -0.3 is 14.5 Å². The minimum atomic E-state index is -0.461. The van der Waals surface area contributed by atoms with Crippen LogP contribution >= 0.6 is 39.7 Å². The molecule has 3 aromatic rings. The number of hydrogen-bond acceptors (Lipinski definition) is 4. The first-order valence-electron chi connectivity index (χ1n) is 7.78. The van der Waals surface area contributed by atoms with Crippen LogP contribution in [0.3, 0.4) is 0 Å². The number of anilines is 1. The summed E-state index contributed by atoms with van der Waals surface area (Å²) in [5, 5.41) is 6.07. The van der Waals surface area contributed by atoms with Gasteiger partial charge in [0.1, 0.15) is 11.5 Å². The lowest BCUT2D eigenvalue weighted by Gasteiger charge is -2.12. The Bertz CT molecular complexity index is 989. The van der Waals surface area contributed by atoms with Gasteiger partial charge in [-0.25, -0.2) is 0 Å². The maximum atomic E-state index is 12.4. The van der Waals surface area contributed by atoms with E-state index in [4.69, 9.17) is 33.0 Å². The molecule has 5 nitrogen and oxygen atoms in total. The van der Waals surface area contributed by atoms with E-state index in [2.05, 4.69) is 26.6 Å². The van der Waals surface area contributed by atoms with Gasteiger partial charge >= 0.3 is 0 Å². The van der Waals surface area contributed by atoms with Crippen molar-refractivity contribution in [1.82, 2.24) is 5.32 Å². The quantitative estimate of drug-likeness (QED) is 0.498. The van der Waals surface area contributed by atoms with Crippen molar-refractivity contribution in [3.05, 3.63) is 69.9 Å². The average Bonchev–Trinajstić information content (AvgIpc) is 3.13. The second-order valence-electron chi connectivity index (χ2n) is 5.42. The summed E-state index contributed by atoms with van der Waals surface area (Å²) in [6.07, 6.45) is 0. The third-order valence-corrected chi connectivity index (χ3v) is 4.56. The number of thiocarbonyl (C=S) groups is 1. The van der Waals surface area contributed by atoms with Gasteiger partial charge in [-0.3, -0.25) is 10.1 Å². The monoisotopic (exact) mass is 464 g/mol. The highest BCUT2D eigenvalue weighted by molar-refractivity contribution is 9.10. The molecule has 1 heterocycles. The molecule has 0 aliphatic heterocycles. The molecule has 1 aromatic heterocycles. The summed E-state index contributed by atoms with van der Waals surface area (Å²) in [4.78, 5) is 12.4. The van der Waals surface area contributed by atoms with Crippen molar-refractivity contribution < 1.29 is 13.9 Å². The third-order valence-electron chi connectivity index (χ3n) is 3.60. The average molecular weight is 466 g/mol. The number of rotatable bonds is 4. The van der Waals surface area contributed by atoms with Crippen molar-refractivity contribution in [2.24, 2.45) is 0 Å². The topological polar surface area (TPSA) is 63.5 Å². The van der Waals surface area contributed by atoms with E-state index < -0.39 is 5.91 Å². The van der Waals surface area contributed by atoms with Crippen molar-refractivity contribution in [3.8, 4) is 17.1 Å². The van der Waals surface area contributed by atoms with Gasteiger partial charge in [0.2, 0.25) is 0 Å². The Morgan fingerprint density at radius 1 is 1.15 bits per heavy atom. The molecule has 138 valence electrons. The van der Waals surface area contributed by atoms with E-state index >= 15 is 0 Å². The van der Waals surface area contributed by atoms with Gasteiger partial charge in [0.25, 0.3) is 5.91 Å². The third kappa shape index (κ3) is 4.88. The molecule has 0 aliphatic rings. The van der Waals surface area contributed by atoms with E-state index in [1.165, 1.54) is 7.11 Å². The molecule has 0 unspecified atom stereocenters. The summed E-state index contributed by atoms with van der Waals surface area (Å²) in [6, 6.07) is 15.9. The minimum Gasteiger partial charge on any atom is -0.495 e. The minimum absolute atomic E-state index is 0.0992. The largest absolute Gasteiger partial charge is 0.495 e. The van der Waals surface area contributed by atoms with Crippen molar-refractivity contribution >= 4 is 56.5 Å². The van der Waals surface area contributed by atoms with Gasteiger partial charge in [-0.2, -0.15) is 0 Å². The molecule has 2 N–H and O–H groups in total. The first kappa shape index (κ1) is 19.4. The summed E-state index contributed by atoms with van der Waals surface area (Å²) in [6.45, 7) is 0.